The molecule has 2 aromatic carbocycles. The Balaban J connectivity index is 0.00000420. The fourth-order valence-corrected chi connectivity index (χ4v) is 3.84. The van der Waals surface area contributed by atoms with E-state index in [2.05, 4.69) is 15.6 Å². The summed E-state index contributed by atoms with van der Waals surface area (Å²) in [5.74, 6) is 0.247. The van der Waals surface area contributed by atoms with Gasteiger partial charge in [0.05, 0.1) is 19.4 Å². The fourth-order valence-electron chi connectivity index (χ4n) is 2.60. The Kier molecular flexibility index (Phi) is 10.4. The van der Waals surface area contributed by atoms with Crippen LogP contribution in [0.4, 0.5) is 4.39 Å². The van der Waals surface area contributed by atoms with Crippen LogP contribution in [0.15, 0.2) is 52.4 Å². The van der Waals surface area contributed by atoms with Gasteiger partial charge in [0.2, 0.25) is 0 Å². The topological polar surface area (TPSA) is 79.8 Å². The van der Waals surface area contributed by atoms with Crippen LogP contribution >= 0.6 is 24.0 Å². The summed E-state index contributed by atoms with van der Waals surface area (Å²) in [4.78, 5) is 4.19. The lowest BCUT2D eigenvalue weighted by molar-refractivity contribution is 0.409. The maximum Gasteiger partial charge on any atom is 0.191 e. The number of aryl methyl sites for hydroxylation is 1. The summed E-state index contributed by atoms with van der Waals surface area (Å²) in [6.45, 7) is 5.00. The van der Waals surface area contributed by atoms with Gasteiger partial charge in [-0.2, -0.15) is 0 Å². The number of nitrogens with zero attached hydrogens (tertiary/aromatic N) is 1. The van der Waals surface area contributed by atoms with Crippen molar-refractivity contribution in [2.45, 2.75) is 25.3 Å². The molecule has 6 nitrogen and oxygen atoms in total. The van der Waals surface area contributed by atoms with Crippen LogP contribution in [0, 0.1) is 12.7 Å². The van der Waals surface area contributed by atoms with Crippen molar-refractivity contribution in [3.05, 3.63) is 59.4 Å². The van der Waals surface area contributed by atoms with Gasteiger partial charge in [-0.05, 0) is 37.6 Å². The summed E-state index contributed by atoms with van der Waals surface area (Å²) in [5, 5.41) is 6.05. The molecule has 0 fully saturated rings. The normalized spacial score (nSPS) is 11.5. The Bertz CT molecular complexity index is 936. The number of ether oxygens (including phenoxy) is 1. The van der Waals surface area contributed by atoms with E-state index in [0.717, 1.165) is 22.9 Å². The van der Waals surface area contributed by atoms with Gasteiger partial charge in [-0.25, -0.2) is 17.8 Å². The number of hydrogen-bond acceptors (Lipinski definition) is 4. The smallest absolute Gasteiger partial charge is 0.191 e. The first-order chi connectivity index (χ1) is 13.4. The van der Waals surface area contributed by atoms with Gasteiger partial charge in [-0.1, -0.05) is 24.3 Å². The summed E-state index contributed by atoms with van der Waals surface area (Å²) in [6, 6.07) is 11.2. The highest BCUT2D eigenvalue weighted by atomic mass is 127. The number of benzene rings is 2. The lowest BCUT2D eigenvalue weighted by Gasteiger charge is -2.13. The molecule has 0 radical (unpaired) electrons. The number of nitrogens with one attached hydrogen (secondary N) is 2. The van der Waals surface area contributed by atoms with Gasteiger partial charge in [-0.3, -0.25) is 0 Å². The molecule has 2 N–H and O–H groups in total. The summed E-state index contributed by atoms with van der Waals surface area (Å²) < 4.78 is 43.8. The number of methoxy groups -OCH3 is 1. The maximum absolute atomic E-state index is 13.8. The molecule has 0 aliphatic carbocycles. The molecule has 0 aromatic heterocycles. The van der Waals surface area contributed by atoms with E-state index in [-0.39, 0.29) is 41.2 Å². The Morgan fingerprint density at radius 3 is 2.55 bits per heavy atom. The van der Waals surface area contributed by atoms with Crippen LogP contribution in [-0.4, -0.2) is 40.3 Å². The van der Waals surface area contributed by atoms with Crippen LogP contribution in [0.5, 0.6) is 5.75 Å². The standard InChI is InChI=1S/C20H26FN3O3S.HI/c1-4-22-20(24-14-16-10-9-15(2)13-18(16)27-3)23-11-12-28(25,26)19-8-6-5-7-17(19)21;/h5-10,13H,4,11-12,14H2,1-3H3,(H2,22,23,24);1H. The molecule has 29 heavy (non-hydrogen) atoms. The summed E-state index contributed by atoms with van der Waals surface area (Å²) in [6.07, 6.45) is 0. The van der Waals surface area contributed by atoms with E-state index >= 15 is 0 Å². The molecule has 0 unspecified atom stereocenters. The van der Waals surface area contributed by atoms with Gasteiger partial charge >= 0.3 is 0 Å². The Hall–Kier alpha value is -1.88. The van der Waals surface area contributed by atoms with Crippen molar-refractivity contribution in [2.75, 3.05) is 26.0 Å². The zero-order chi connectivity index (χ0) is 20.6. The fraction of sp³-hybridized carbons (Fsp3) is 0.350. The van der Waals surface area contributed by atoms with Crippen molar-refractivity contribution >= 4 is 39.8 Å². The molecule has 0 saturated heterocycles. The van der Waals surface area contributed by atoms with E-state index < -0.39 is 15.7 Å². The highest BCUT2D eigenvalue weighted by Gasteiger charge is 2.18. The van der Waals surface area contributed by atoms with Crippen molar-refractivity contribution < 1.29 is 17.5 Å². The number of halogens is 2. The van der Waals surface area contributed by atoms with E-state index in [4.69, 9.17) is 4.74 Å². The van der Waals surface area contributed by atoms with Gasteiger partial charge in [0.25, 0.3) is 0 Å². The molecule has 0 aliphatic rings. The number of sulfone groups is 1. The van der Waals surface area contributed by atoms with Crippen molar-refractivity contribution in [3.63, 3.8) is 0 Å². The van der Waals surface area contributed by atoms with Crippen LogP contribution in [-0.2, 0) is 16.4 Å². The van der Waals surface area contributed by atoms with E-state index in [1.165, 1.54) is 18.2 Å². The number of rotatable bonds is 8. The largest absolute Gasteiger partial charge is 0.496 e. The van der Waals surface area contributed by atoms with Crippen LogP contribution < -0.4 is 15.4 Å². The van der Waals surface area contributed by atoms with Crippen molar-refractivity contribution in [1.82, 2.24) is 10.6 Å². The molecule has 0 atom stereocenters. The molecule has 9 heteroatoms. The summed E-state index contributed by atoms with van der Waals surface area (Å²) >= 11 is 0. The monoisotopic (exact) mass is 535 g/mol. The minimum atomic E-state index is -3.72. The minimum absolute atomic E-state index is 0. The average molecular weight is 535 g/mol. The van der Waals surface area contributed by atoms with Crippen LogP contribution in [0.2, 0.25) is 0 Å². The SMILES string of the molecule is CCNC(=NCc1ccc(C)cc1OC)NCCS(=O)(=O)c1ccccc1F.I. The second-order valence-corrected chi connectivity index (χ2v) is 8.26. The predicted octanol–water partition coefficient (Wildman–Crippen LogP) is 3.29. The first-order valence-electron chi connectivity index (χ1n) is 9.00. The van der Waals surface area contributed by atoms with Gasteiger partial charge in [0.1, 0.15) is 16.5 Å². The second kappa shape index (κ2) is 12.0. The van der Waals surface area contributed by atoms with E-state index in [1.807, 2.05) is 32.0 Å². The zero-order valence-electron chi connectivity index (χ0n) is 16.7. The van der Waals surface area contributed by atoms with Crippen molar-refractivity contribution in [1.29, 1.82) is 0 Å². The maximum atomic E-state index is 13.8. The predicted molar refractivity (Wildman–Crippen MR) is 124 cm³/mol. The lowest BCUT2D eigenvalue weighted by atomic mass is 10.1. The van der Waals surface area contributed by atoms with Crippen LogP contribution in [0.25, 0.3) is 0 Å². The third-order valence-corrected chi connectivity index (χ3v) is 5.77. The molecule has 0 spiro atoms. The third kappa shape index (κ3) is 7.46. The molecule has 2 rings (SSSR count). The molecule has 0 amide bonds. The molecule has 0 bridgehead atoms. The van der Waals surface area contributed by atoms with E-state index in [9.17, 15) is 12.8 Å². The van der Waals surface area contributed by atoms with Crippen LogP contribution in [0.1, 0.15) is 18.1 Å². The molecule has 160 valence electrons. The molecular formula is C20H27FIN3O3S. The molecule has 0 heterocycles. The Morgan fingerprint density at radius 2 is 1.90 bits per heavy atom. The van der Waals surface area contributed by atoms with E-state index in [0.29, 0.717) is 19.0 Å². The Morgan fingerprint density at radius 1 is 1.17 bits per heavy atom. The first kappa shape index (κ1) is 25.2. The molecular weight excluding hydrogens is 508 g/mol. The summed E-state index contributed by atoms with van der Waals surface area (Å²) in [5.41, 5.74) is 2.01. The first-order valence-corrected chi connectivity index (χ1v) is 10.7. The number of guanidine groups is 1. The quantitative estimate of drug-likeness (QED) is 0.308. The van der Waals surface area contributed by atoms with Crippen molar-refractivity contribution in [2.24, 2.45) is 4.99 Å². The summed E-state index contributed by atoms with van der Waals surface area (Å²) in [7, 11) is -2.11. The number of hydrogen-bond donors (Lipinski definition) is 2. The molecule has 0 aliphatic heterocycles. The van der Waals surface area contributed by atoms with Gasteiger partial charge in [0.15, 0.2) is 15.8 Å². The van der Waals surface area contributed by atoms with Crippen molar-refractivity contribution in [3.8, 4) is 5.75 Å². The second-order valence-electron chi connectivity index (χ2n) is 6.19. The van der Waals surface area contributed by atoms with Crippen LogP contribution in [0.3, 0.4) is 0 Å². The molecule has 0 saturated carbocycles. The number of aliphatic imine (C=N–C) groups is 1. The highest BCUT2D eigenvalue weighted by Crippen LogP contribution is 2.20. The lowest BCUT2D eigenvalue weighted by Crippen LogP contribution is -2.39. The van der Waals surface area contributed by atoms with Gasteiger partial charge in [0, 0.05) is 18.7 Å². The highest BCUT2D eigenvalue weighted by molar-refractivity contribution is 14.0. The Labute approximate surface area is 188 Å². The van der Waals surface area contributed by atoms with Gasteiger partial charge in [-0.15, -0.1) is 24.0 Å². The average Bonchev–Trinajstić information content (AvgIpc) is 2.66. The van der Waals surface area contributed by atoms with Gasteiger partial charge < -0.3 is 15.4 Å². The zero-order valence-corrected chi connectivity index (χ0v) is 19.9. The third-order valence-electron chi connectivity index (χ3n) is 4.03. The van der Waals surface area contributed by atoms with E-state index in [1.54, 1.807) is 7.11 Å². The molecule has 2 aromatic rings. The minimum Gasteiger partial charge on any atom is -0.496 e.